The molecule has 0 aliphatic carbocycles. The summed E-state index contributed by atoms with van der Waals surface area (Å²) in [5.74, 6) is 0.801. The third-order valence-corrected chi connectivity index (χ3v) is 3.27. The molecule has 1 aromatic carbocycles. The summed E-state index contributed by atoms with van der Waals surface area (Å²) < 4.78 is 10.6. The third-order valence-electron chi connectivity index (χ3n) is 3.27. The minimum absolute atomic E-state index is 0.0542. The van der Waals surface area contributed by atoms with Gasteiger partial charge in [-0.2, -0.15) is 0 Å². The second-order valence-corrected chi connectivity index (χ2v) is 4.14. The fraction of sp³-hybridized carbons (Fsp3) is 0.500. The maximum absolute atomic E-state index is 9.24. The molecule has 3 N–H and O–H groups in total. The van der Waals surface area contributed by atoms with Crippen LogP contribution in [0.15, 0.2) is 24.3 Å². The van der Waals surface area contributed by atoms with E-state index in [0.717, 1.165) is 11.3 Å². The molecule has 16 heavy (non-hydrogen) atoms. The van der Waals surface area contributed by atoms with Gasteiger partial charge in [-0.25, -0.2) is 0 Å². The van der Waals surface area contributed by atoms with E-state index in [1.54, 1.807) is 7.11 Å². The Morgan fingerprint density at radius 2 is 2.19 bits per heavy atom. The maximum atomic E-state index is 9.24. The zero-order chi connectivity index (χ0) is 11.6. The smallest absolute Gasteiger partial charge is 0.122 e. The highest BCUT2D eigenvalue weighted by atomic mass is 16.5. The van der Waals surface area contributed by atoms with Crippen molar-refractivity contribution in [1.82, 2.24) is 0 Å². The summed E-state index contributed by atoms with van der Waals surface area (Å²) in [5.41, 5.74) is 6.70. The van der Waals surface area contributed by atoms with E-state index < -0.39 is 0 Å². The van der Waals surface area contributed by atoms with Crippen LogP contribution in [0, 0.1) is 0 Å². The van der Waals surface area contributed by atoms with Crippen LogP contribution in [0.3, 0.4) is 0 Å². The van der Waals surface area contributed by atoms with Gasteiger partial charge >= 0.3 is 0 Å². The minimum Gasteiger partial charge on any atom is -0.496 e. The van der Waals surface area contributed by atoms with E-state index in [2.05, 4.69) is 0 Å². The Morgan fingerprint density at radius 1 is 1.50 bits per heavy atom. The Morgan fingerprint density at radius 3 is 2.69 bits per heavy atom. The topological polar surface area (TPSA) is 64.7 Å². The molecule has 1 heterocycles. The minimum atomic E-state index is -0.322. The van der Waals surface area contributed by atoms with Crippen LogP contribution >= 0.6 is 0 Å². The molecule has 1 aliphatic heterocycles. The molecule has 1 unspecified atom stereocenters. The number of rotatable bonds is 4. The van der Waals surface area contributed by atoms with Crippen molar-refractivity contribution < 1.29 is 14.6 Å². The maximum Gasteiger partial charge on any atom is 0.122 e. The monoisotopic (exact) mass is 223 g/mol. The molecule has 0 saturated carbocycles. The molecule has 1 saturated heterocycles. The number of aliphatic hydroxyl groups excluding tert-OH is 1. The second kappa shape index (κ2) is 4.41. The van der Waals surface area contributed by atoms with Crippen molar-refractivity contribution in [2.24, 2.45) is 5.73 Å². The Labute approximate surface area is 95.0 Å². The van der Waals surface area contributed by atoms with Gasteiger partial charge in [-0.3, -0.25) is 0 Å². The standard InChI is InChI=1S/C12H17NO3/c1-15-10-5-3-2-4-9(10)12(7-16-8-12)11(13)6-14/h2-5,11,14H,6-8,13H2,1H3. The van der Waals surface area contributed by atoms with Crippen LogP contribution in [-0.2, 0) is 10.2 Å². The van der Waals surface area contributed by atoms with E-state index in [-0.39, 0.29) is 18.1 Å². The summed E-state index contributed by atoms with van der Waals surface area (Å²) in [7, 11) is 1.64. The van der Waals surface area contributed by atoms with Gasteiger partial charge in [0.05, 0.1) is 32.3 Å². The first-order chi connectivity index (χ1) is 7.74. The van der Waals surface area contributed by atoms with Gasteiger partial charge in [0.25, 0.3) is 0 Å². The first-order valence-electron chi connectivity index (χ1n) is 5.32. The quantitative estimate of drug-likeness (QED) is 0.769. The number of nitrogens with two attached hydrogens (primary N) is 1. The van der Waals surface area contributed by atoms with Crippen molar-refractivity contribution in [2.45, 2.75) is 11.5 Å². The van der Waals surface area contributed by atoms with E-state index in [1.807, 2.05) is 24.3 Å². The van der Waals surface area contributed by atoms with Crippen LogP contribution in [-0.4, -0.2) is 38.1 Å². The second-order valence-electron chi connectivity index (χ2n) is 4.14. The van der Waals surface area contributed by atoms with Crippen LogP contribution in [0.4, 0.5) is 0 Å². The predicted octanol–water partition coefficient (Wildman–Crippen LogP) is 0.283. The molecule has 0 amide bonds. The van der Waals surface area contributed by atoms with Gasteiger partial charge in [0.2, 0.25) is 0 Å². The van der Waals surface area contributed by atoms with Gasteiger partial charge in [0.15, 0.2) is 0 Å². The molecule has 4 heteroatoms. The molecule has 4 nitrogen and oxygen atoms in total. The summed E-state index contributed by atoms with van der Waals surface area (Å²) in [6, 6.07) is 7.43. The number of hydrogen-bond donors (Lipinski definition) is 2. The van der Waals surface area contributed by atoms with E-state index >= 15 is 0 Å². The van der Waals surface area contributed by atoms with Crippen LogP contribution in [0.2, 0.25) is 0 Å². The lowest BCUT2D eigenvalue weighted by atomic mass is 9.72. The molecule has 2 rings (SSSR count). The van der Waals surface area contributed by atoms with E-state index in [4.69, 9.17) is 15.2 Å². The lowest BCUT2D eigenvalue weighted by Crippen LogP contribution is -2.60. The molecule has 1 aliphatic rings. The fourth-order valence-electron chi connectivity index (χ4n) is 2.12. The zero-order valence-electron chi connectivity index (χ0n) is 9.35. The van der Waals surface area contributed by atoms with Crippen LogP contribution in [0.1, 0.15) is 5.56 Å². The molecule has 1 atom stereocenters. The highest BCUT2D eigenvalue weighted by Gasteiger charge is 2.47. The van der Waals surface area contributed by atoms with Crippen LogP contribution in [0.25, 0.3) is 0 Å². The zero-order valence-corrected chi connectivity index (χ0v) is 9.35. The average Bonchev–Trinajstić information content (AvgIpc) is 2.28. The van der Waals surface area contributed by atoms with E-state index in [1.165, 1.54) is 0 Å². The first kappa shape index (κ1) is 11.4. The van der Waals surface area contributed by atoms with Crippen molar-refractivity contribution in [3.05, 3.63) is 29.8 Å². The number of methoxy groups -OCH3 is 1. The van der Waals surface area contributed by atoms with Crippen LogP contribution < -0.4 is 10.5 Å². The van der Waals surface area contributed by atoms with Gasteiger partial charge in [-0.05, 0) is 6.07 Å². The van der Waals surface area contributed by atoms with E-state index in [0.29, 0.717) is 13.2 Å². The van der Waals surface area contributed by atoms with Crippen molar-refractivity contribution in [2.75, 3.05) is 26.9 Å². The van der Waals surface area contributed by atoms with Crippen molar-refractivity contribution >= 4 is 0 Å². The molecule has 1 fully saturated rings. The Hall–Kier alpha value is -1.10. The SMILES string of the molecule is COc1ccccc1C1(C(N)CO)COC1. The van der Waals surface area contributed by atoms with E-state index in [9.17, 15) is 5.11 Å². The largest absolute Gasteiger partial charge is 0.496 e. The lowest BCUT2D eigenvalue weighted by Gasteiger charge is -2.46. The molecule has 1 aromatic rings. The Balaban J connectivity index is 2.40. The van der Waals surface area contributed by atoms with Gasteiger partial charge in [0.1, 0.15) is 5.75 Å². The summed E-state index contributed by atoms with van der Waals surface area (Å²) in [6.07, 6.45) is 0. The van der Waals surface area contributed by atoms with Gasteiger partial charge in [-0.15, -0.1) is 0 Å². The number of benzene rings is 1. The third kappa shape index (κ3) is 1.59. The molecule has 0 radical (unpaired) electrons. The summed E-state index contributed by atoms with van der Waals surface area (Å²) in [5, 5.41) is 9.24. The van der Waals surface area contributed by atoms with Crippen molar-refractivity contribution in [3.8, 4) is 5.75 Å². The van der Waals surface area contributed by atoms with Gasteiger partial charge in [0, 0.05) is 11.6 Å². The summed E-state index contributed by atoms with van der Waals surface area (Å²) in [4.78, 5) is 0. The summed E-state index contributed by atoms with van der Waals surface area (Å²) >= 11 is 0. The molecule has 88 valence electrons. The number of ether oxygens (including phenoxy) is 2. The lowest BCUT2D eigenvalue weighted by molar-refractivity contribution is -0.0806. The molecule has 0 bridgehead atoms. The average molecular weight is 223 g/mol. The van der Waals surface area contributed by atoms with Gasteiger partial charge < -0.3 is 20.3 Å². The number of para-hydroxylation sites is 1. The van der Waals surface area contributed by atoms with Crippen LogP contribution in [0.5, 0.6) is 5.75 Å². The highest BCUT2D eigenvalue weighted by molar-refractivity contribution is 5.42. The number of hydrogen-bond acceptors (Lipinski definition) is 4. The number of aliphatic hydroxyl groups is 1. The van der Waals surface area contributed by atoms with Crippen molar-refractivity contribution in [3.63, 3.8) is 0 Å². The normalized spacial score (nSPS) is 19.9. The first-order valence-corrected chi connectivity index (χ1v) is 5.32. The Bertz CT molecular complexity index is 363. The summed E-state index contributed by atoms with van der Waals surface area (Å²) in [6.45, 7) is 1.02. The van der Waals surface area contributed by atoms with Crippen molar-refractivity contribution in [1.29, 1.82) is 0 Å². The molecular weight excluding hydrogens is 206 g/mol. The molecule has 0 spiro atoms. The fourth-order valence-corrected chi connectivity index (χ4v) is 2.12. The molecule has 0 aromatic heterocycles. The molecular formula is C12H17NO3. The van der Waals surface area contributed by atoms with Gasteiger partial charge in [-0.1, -0.05) is 18.2 Å². The predicted molar refractivity (Wildman–Crippen MR) is 60.6 cm³/mol. The highest BCUT2D eigenvalue weighted by Crippen LogP contribution is 2.39. The Kier molecular flexibility index (Phi) is 3.14.